The first-order chi connectivity index (χ1) is 15.8. The average molecular weight is 457 g/mol. The Bertz CT molecular complexity index is 865. The van der Waals surface area contributed by atoms with Crippen molar-refractivity contribution in [1.29, 1.82) is 0 Å². The van der Waals surface area contributed by atoms with Crippen molar-refractivity contribution in [2.24, 2.45) is 5.92 Å². The second kappa shape index (κ2) is 13.5. The summed E-state index contributed by atoms with van der Waals surface area (Å²) in [5, 5.41) is 12.2. The van der Waals surface area contributed by atoms with E-state index in [9.17, 15) is 14.7 Å². The number of nitrogens with zero attached hydrogens (tertiary/aromatic N) is 1. The largest absolute Gasteiger partial charge is 0.492 e. The van der Waals surface area contributed by atoms with Crippen molar-refractivity contribution in [1.82, 2.24) is 4.90 Å². The molecule has 7 nitrogen and oxygen atoms in total. The Morgan fingerprint density at radius 1 is 1.03 bits per heavy atom. The van der Waals surface area contributed by atoms with E-state index in [4.69, 9.17) is 9.47 Å². The molecule has 180 valence electrons. The highest BCUT2D eigenvalue weighted by Gasteiger charge is 2.18. The van der Waals surface area contributed by atoms with E-state index >= 15 is 0 Å². The zero-order chi connectivity index (χ0) is 24.2. The van der Waals surface area contributed by atoms with Crippen molar-refractivity contribution < 1.29 is 24.2 Å². The van der Waals surface area contributed by atoms with E-state index in [2.05, 4.69) is 19.2 Å². The summed E-state index contributed by atoms with van der Waals surface area (Å²) in [7, 11) is 0. The smallest absolute Gasteiger partial charge is 0.333 e. The molecule has 2 amide bonds. The van der Waals surface area contributed by atoms with E-state index in [1.165, 1.54) is 0 Å². The summed E-state index contributed by atoms with van der Waals surface area (Å²) < 4.78 is 11.1. The lowest BCUT2D eigenvalue weighted by Gasteiger charge is -2.24. The Morgan fingerprint density at radius 2 is 1.70 bits per heavy atom. The van der Waals surface area contributed by atoms with Crippen molar-refractivity contribution >= 4 is 17.7 Å². The molecule has 0 fully saturated rings. The van der Waals surface area contributed by atoms with Crippen molar-refractivity contribution in [3.05, 3.63) is 59.7 Å². The van der Waals surface area contributed by atoms with Crippen LogP contribution in [0.25, 0.3) is 0 Å². The van der Waals surface area contributed by atoms with E-state index in [1.54, 1.807) is 11.8 Å². The number of nitrogens with one attached hydrogen (secondary N) is 1. The molecular weight excluding hydrogens is 420 g/mol. The van der Waals surface area contributed by atoms with Crippen LogP contribution >= 0.6 is 0 Å². The maximum absolute atomic E-state index is 12.8. The third-order valence-electron chi connectivity index (χ3n) is 5.18. The number of ether oxygens (including phenoxy) is 2. The summed E-state index contributed by atoms with van der Waals surface area (Å²) in [5.74, 6) is 0.187. The van der Waals surface area contributed by atoms with Gasteiger partial charge in [0.15, 0.2) is 6.10 Å². The highest BCUT2D eigenvalue weighted by molar-refractivity contribution is 5.89. The van der Waals surface area contributed by atoms with Crippen LogP contribution in [0.5, 0.6) is 5.75 Å². The van der Waals surface area contributed by atoms with Gasteiger partial charge in [0, 0.05) is 25.3 Å². The number of carboxylic acid groups (broad SMARTS) is 1. The normalized spacial score (nSPS) is 11.8. The van der Waals surface area contributed by atoms with E-state index < -0.39 is 12.1 Å². The van der Waals surface area contributed by atoms with Gasteiger partial charge in [-0.1, -0.05) is 43.7 Å². The number of amides is 2. The van der Waals surface area contributed by atoms with Crippen LogP contribution in [-0.2, 0) is 16.0 Å². The molecule has 2 aromatic carbocycles. The van der Waals surface area contributed by atoms with Gasteiger partial charge in [0.25, 0.3) is 0 Å². The first kappa shape index (κ1) is 26.2. The third-order valence-corrected chi connectivity index (χ3v) is 5.18. The molecule has 0 aliphatic carbocycles. The summed E-state index contributed by atoms with van der Waals surface area (Å²) in [6, 6.07) is 14.9. The van der Waals surface area contributed by atoms with E-state index in [1.807, 2.05) is 55.5 Å². The Morgan fingerprint density at radius 3 is 2.27 bits per heavy atom. The van der Waals surface area contributed by atoms with Crippen LogP contribution in [-0.4, -0.2) is 54.4 Å². The molecule has 2 N–H and O–H groups in total. The number of aryl methyl sites for hydroxylation is 1. The minimum absolute atomic E-state index is 0.144. The van der Waals surface area contributed by atoms with Crippen molar-refractivity contribution in [3.8, 4) is 5.75 Å². The molecule has 2 aromatic rings. The fourth-order valence-corrected chi connectivity index (χ4v) is 3.20. The standard InChI is InChI=1S/C26H36N2O5/c1-5-32-24(25(29)30)18-21-8-12-23(13-9-21)33-17-16-28(15-14-19(2)3)26(31)27-22-10-6-20(4)7-11-22/h6-13,19,24H,5,14-18H2,1-4H3,(H,27,31)(H,29,30). The number of benzene rings is 2. The molecule has 0 aromatic heterocycles. The second-order valence-corrected chi connectivity index (χ2v) is 8.44. The summed E-state index contributed by atoms with van der Waals surface area (Å²) in [6.45, 7) is 9.86. The minimum atomic E-state index is -0.970. The van der Waals surface area contributed by atoms with Crippen molar-refractivity contribution in [2.75, 3.05) is 31.6 Å². The molecule has 0 aliphatic heterocycles. The van der Waals surface area contributed by atoms with E-state index in [0.717, 1.165) is 23.2 Å². The van der Waals surface area contributed by atoms with Gasteiger partial charge in [-0.25, -0.2) is 9.59 Å². The monoisotopic (exact) mass is 456 g/mol. The van der Waals surface area contributed by atoms with Crippen LogP contribution in [0.2, 0.25) is 0 Å². The number of rotatable bonds is 13. The van der Waals surface area contributed by atoms with Gasteiger partial charge in [-0.05, 0) is 56.0 Å². The van der Waals surface area contributed by atoms with Crippen LogP contribution in [0.4, 0.5) is 10.5 Å². The van der Waals surface area contributed by atoms with Crippen molar-refractivity contribution in [2.45, 2.75) is 46.6 Å². The molecule has 0 saturated heterocycles. The Labute approximate surface area is 196 Å². The molecular formula is C26H36N2O5. The first-order valence-corrected chi connectivity index (χ1v) is 11.5. The lowest BCUT2D eigenvalue weighted by Crippen LogP contribution is -2.39. The minimum Gasteiger partial charge on any atom is -0.492 e. The van der Waals surface area contributed by atoms with Gasteiger partial charge < -0.3 is 24.8 Å². The van der Waals surface area contributed by atoms with Gasteiger partial charge in [-0.15, -0.1) is 0 Å². The summed E-state index contributed by atoms with van der Waals surface area (Å²) in [4.78, 5) is 25.8. The number of carboxylic acids is 1. The van der Waals surface area contributed by atoms with Crippen LogP contribution in [0, 0.1) is 12.8 Å². The molecule has 0 heterocycles. The highest BCUT2D eigenvalue weighted by Crippen LogP contribution is 2.15. The molecule has 0 aliphatic rings. The van der Waals surface area contributed by atoms with Gasteiger partial charge in [0.05, 0.1) is 6.54 Å². The molecule has 0 bridgehead atoms. The number of hydrogen-bond acceptors (Lipinski definition) is 4. The van der Waals surface area contributed by atoms with E-state index in [0.29, 0.717) is 44.4 Å². The van der Waals surface area contributed by atoms with Gasteiger partial charge in [0.1, 0.15) is 12.4 Å². The number of anilines is 1. The Kier molecular flexibility index (Phi) is 10.7. The summed E-state index contributed by atoms with van der Waals surface area (Å²) >= 11 is 0. The van der Waals surface area contributed by atoms with Crippen molar-refractivity contribution in [3.63, 3.8) is 0 Å². The molecule has 2 rings (SSSR count). The Hall–Kier alpha value is -3.06. The first-order valence-electron chi connectivity index (χ1n) is 11.5. The lowest BCUT2D eigenvalue weighted by molar-refractivity contribution is -0.149. The average Bonchev–Trinajstić information content (AvgIpc) is 2.78. The third kappa shape index (κ3) is 9.53. The molecule has 0 spiro atoms. The maximum Gasteiger partial charge on any atom is 0.333 e. The predicted octanol–water partition coefficient (Wildman–Crippen LogP) is 4.99. The van der Waals surface area contributed by atoms with Crippen LogP contribution in [0.3, 0.4) is 0 Å². The topological polar surface area (TPSA) is 88.1 Å². The predicted molar refractivity (Wildman–Crippen MR) is 130 cm³/mol. The molecule has 0 radical (unpaired) electrons. The van der Waals surface area contributed by atoms with Gasteiger partial charge in [0.2, 0.25) is 0 Å². The number of carbonyl (C=O) groups is 2. The van der Waals surface area contributed by atoms with E-state index in [-0.39, 0.29) is 6.03 Å². The van der Waals surface area contributed by atoms with Gasteiger partial charge in [-0.3, -0.25) is 0 Å². The maximum atomic E-state index is 12.8. The highest BCUT2D eigenvalue weighted by atomic mass is 16.5. The van der Waals surface area contributed by atoms with Crippen LogP contribution in [0.1, 0.15) is 38.3 Å². The van der Waals surface area contributed by atoms with Crippen LogP contribution < -0.4 is 10.1 Å². The fourth-order valence-electron chi connectivity index (χ4n) is 3.20. The molecule has 0 saturated carbocycles. The summed E-state index contributed by atoms with van der Waals surface area (Å²) in [6.07, 6.45) is 0.343. The number of carbonyl (C=O) groups excluding carboxylic acids is 1. The fraction of sp³-hybridized carbons (Fsp3) is 0.462. The van der Waals surface area contributed by atoms with Crippen LogP contribution in [0.15, 0.2) is 48.5 Å². The SMILES string of the molecule is CCOC(Cc1ccc(OCCN(CCC(C)C)C(=O)Nc2ccc(C)cc2)cc1)C(=O)O. The number of aliphatic carboxylic acids is 1. The zero-order valence-corrected chi connectivity index (χ0v) is 20.0. The number of hydrogen-bond donors (Lipinski definition) is 2. The van der Waals surface area contributed by atoms with Gasteiger partial charge in [-0.2, -0.15) is 0 Å². The molecule has 7 heteroatoms. The molecule has 1 unspecified atom stereocenters. The second-order valence-electron chi connectivity index (χ2n) is 8.44. The molecule has 33 heavy (non-hydrogen) atoms. The lowest BCUT2D eigenvalue weighted by atomic mass is 10.1. The zero-order valence-electron chi connectivity index (χ0n) is 20.0. The molecule has 1 atom stereocenters. The summed E-state index contributed by atoms with van der Waals surface area (Å²) in [5.41, 5.74) is 2.77. The number of urea groups is 1. The Balaban J connectivity index is 1.90. The van der Waals surface area contributed by atoms with Gasteiger partial charge >= 0.3 is 12.0 Å². The quantitative estimate of drug-likeness (QED) is 0.443.